The van der Waals surface area contributed by atoms with Crippen LogP contribution in [0.2, 0.25) is 0 Å². The molecule has 0 bridgehead atoms. The predicted octanol–water partition coefficient (Wildman–Crippen LogP) is 4.67. The minimum atomic E-state index is -0.367. The quantitative estimate of drug-likeness (QED) is 0.566. The lowest BCUT2D eigenvalue weighted by atomic mass is 10.1. The number of rotatable bonds is 6. The lowest BCUT2D eigenvalue weighted by Gasteiger charge is -2.19. The molecule has 1 atom stereocenters. The molecule has 0 spiro atoms. The molecule has 0 aliphatic heterocycles. The summed E-state index contributed by atoms with van der Waals surface area (Å²) in [6.07, 6.45) is 0. The summed E-state index contributed by atoms with van der Waals surface area (Å²) in [5.41, 5.74) is 2.47. The number of H-pyrrole nitrogens is 1. The van der Waals surface area contributed by atoms with Crippen LogP contribution in [0.1, 0.15) is 42.9 Å². The average molecular weight is 396 g/mol. The molecular weight excluding hydrogens is 371 g/mol. The van der Waals surface area contributed by atoms with Gasteiger partial charge < -0.3 is 20.5 Å². The summed E-state index contributed by atoms with van der Waals surface area (Å²) in [6, 6.07) is 13.1. The normalized spacial score (nSPS) is 11.9. The number of nitrogens with one attached hydrogen (secondary N) is 3. The maximum Gasteiger partial charge on any atom is 0.321 e. The summed E-state index contributed by atoms with van der Waals surface area (Å²) < 4.78 is 13.8. The van der Waals surface area contributed by atoms with E-state index in [4.69, 9.17) is 0 Å². The molecule has 2 aromatic carbocycles. The van der Waals surface area contributed by atoms with Crippen molar-refractivity contribution in [2.45, 2.75) is 26.8 Å². The molecule has 29 heavy (non-hydrogen) atoms. The number of amides is 3. The van der Waals surface area contributed by atoms with Gasteiger partial charge in [0.2, 0.25) is 0 Å². The van der Waals surface area contributed by atoms with E-state index >= 15 is 0 Å². The number of carbonyl (C=O) groups is 2. The highest BCUT2D eigenvalue weighted by Crippen LogP contribution is 2.20. The van der Waals surface area contributed by atoms with Gasteiger partial charge in [-0.15, -0.1) is 0 Å². The van der Waals surface area contributed by atoms with E-state index in [2.05, 4.69) is 15.6 Å². The highest BCUT2D eigenvalue weighted by molar-refractivity contribution is 5.98. The number of nitrogens with zero attached hydrogens (tertiary/aromatic N) is 1. The smallest absolute Gasteiger partial charge is 0.321 e. The summed E-state index contributed by atoms with van der Waals surface area (Å²) in [5, 5.41) is 6.14. The third kappa shape index (κ3) is 4.56. The Morgan fingerprint density at radius 1 is 1.10 bits per heavy atom. The first-order valence-electron chi connectivity index (χ1n) is 9.66. The number of carbonyl (C=O) groups excluding carboxylic acids is 2. The van der Waals surface area contributed by atoms with Crippen LogP contribution in [0.15, 0.2) is 48.5 Å². The monoisotopic (exact) mass is 396 g/mol. The number of fused-ring (bicyclic) bond motifs is 1. The number of benzene rings is 2. The second kappa shape index (κ2) is 8.77. The third-order valence-electron chi connectivity index (χ3n) is 4.92. The van der Waals surface area contributed by atoms with Gasteiger partial charge in [0.05, 0.1) is 6.04 Å². The molecule has 3 amide bonds. The molecular formula is C22H25FN4O2. The number of halogens is 1. The number of hydrogen-bond acceptors (Lipinski definition) is 2. The fraction of sp³-hybridized carbons (Fsp3) is 0.273. The Kier molecular flexibility index (Phi) is 6.16. The molecule has 1 heterocycles. The summed E-state index contributed by atoms with van der Waals surface area (Å²) in [6.45, 7) is 7.00. The first-order valence-corrected chi connectivity index (χ1v) is 9.66. The largest absolute Gasteiger partial charge is 0.350 e. The molecule has 0 aliphatic rings. The Bertz CT molecular complexity index is 1010. The number of anilines is 1. The maximum absolute atomic E-state index is 13.8. The molecule has 7 heteroatoms. The van der Waals surface area contributed by atoms with Crippen LogP contribution in [-0.2, 0) is 0 Å². The average Bonchev–Trinajstić information content (AvgIpc) is 3.15. The Balaban J connectivity index is 1.65. The minimum absolute atomic E-state index is 0.143. The van der Waals surface area contributed by atoms with Gasteiger partial charge in [-0.05, 0) is 56.7 Å². The van der Waals surface area contributed by atoms with Crippen LogP contribution < -0.4 is 10.6 Å². The molecule has 6 nitrogen and oxygen atoms in total. The molecule has 0 saturated carbocycles. The molecule has 3 N–H and O–H groups in total. The third-order valence-corrected chi connectivity index (χ3v) is 4.92. The van der Waals surface area contributed by atoms with Gasteiger partial charge in [-0.25, -0.2) is 9.18 Å². The van der Waals surface area contributed by atoms with Crippen molar-refractivity contribution in [1.82, 2.24) is 15.2 Å². The minimum Gasteiger partial charge on any atom is -0.350 e. The zero-order valence-electron chi connectivity index (χ0n) is 16.8. The SMILES string of the molecule is CCN(CC)C(=O)Nc1ccc([C@@H](C)NC(=O)c2cc3c(F)cccc3[nH]2)cc1. The Morgan fingerprint density at radius 3 is 2.41 bits per heavy atom. The van der Waals surface area contributed by atoms with Crippen molar-refractivity contribution >= 4 is 28.5 Å². The van der Waals surface area contributed by atoms with E-state index in [0.717, 1.165) is 5.56 Å². The van der Waals surface area contributed by atoms with Crippen LogP contribution in [-0.4, -0.2) is 34.9 Å². The highest BCUT2D eigenvalue weighted by Gasteiger charge is 2.15. The molecule has 152 valence electrons. The number of aromatic nitrogens is 1. The van der Waals surface area contributed by atoms with E-state index in [1.165, 1.54) is 12.1 Å². The molecule has 0 unspecified atom stereocenters. The van der Waals surface area contributed by atoms with Gasteiger partial charge >= 0.3 is 6.03 Å². The standard InChI is InChI=1S/C22H25FN4O2/c1-4-27(5-2)22(29)25-16-11-9-15(10-12-16)14(3)24-21(28)20-13-17-18(23)7-6-8-19(17)26-20/h6-14,26H,4-5H2,1-3H3,(H,24,28)(H,25,29)/t14-/m1/s1. The zero-order chi connectivity index (χ0) is 21.0. The van der Waals surface area contributed by atoms with Crippen molar-refractivity contribution in [3.05, 3.63) is 65.6 Å². The fourth-order valence-electron chi connectivity index (χ4n) is 3.17. The van der Waals surface area contributed by atoms with E-state index in [-0.39, 0.29) is 23.8 Å². The van der Waals surface area contributed by atoms with Gasteiger partial charge in [0.1, 0.15) is 11.5 Å². The Morgan fingerprint density at radius 2 is 1.79 bits per heavy atom. The van der Waals surface area contributed by atoms with Gasteiger partial charge in [-0.3, -0.25) is 4.79 Å². The van der Waals surface area contributed by atoms with Crippen LogP contribution in [0.5, 0.6) is 0 Å². The first-order chi connectivity index (χ1) is 13.9. The summed E-state index contributed by atoms with van der Waals surface area (Å²) in [4.78, 5) is 29.3. The first kappa shape index (κ1) is 20.4. The molecule has 0 radical (unpaired) electrons. The van der Waals surface area contributed by atoms with Gasteiger partial charge in [0.15, 0.2) is 0 Å². The van der Waals surface area contributed by atoms with Crippen molar-refractivity contribution < 1.29 is 14.0 Å². The van der Waals surface area contributed by atoms with Crippen molar-refractivity contribution in [2.24, 2.45) is 0 Å². The van der Waals surface area contributed by atoms with Crippen LogP contribution >= 0.6 is 0 Å². The van der Waals surface area contributed by atoms with Gasteiger partial charge in [-0.2, -0.15) is 0 Å². The van der Waals surface area contributed by atoms with Crippen LogP contribution in [0.25, 0.3) is 10.9 Å². The summed E-state index contributed by atoms with van der Waals surface area (Å²) >= 11 is 0. The molecule has 0 saturated heterocycles. The maximum atomic E-state index is 13.8. The highest BCUT2D eigenvalue weighted by atomic mass is 19.1. The Hall–Kier alpha value is -3.35. The van der Waals surface area contributed by atoms with E-state index in [1.54, 1.807) is 29.2 Å². The van der Waals surface area contributed by atoms with Crippen molar-refractivity contribution in [1.29, 1.82) is 0 Å². The van der Waals surface area contributed by atoms with E-state index in [9.17, 15) is 14.0 Å². The lowest BCUT2D eigenvalue weighted by molar-refractivity contribution is 0.0935. The van der Waals surface area contributed by atoms with Crippen LogP contribution in [0.3, 0.4) is 0 Å². The zero-order valence-corrected chi connectivity index (χ0v) is 16.8. The van der Waals surface area contributed by atoms with Crippen LogP contribution in [0, 0.1) is 5.82 Å². The summed E-state index contributed by atoms with van der Waals surface area (Å²) in [5.74, 6) is -0.680. The van der Waals surface area contributed by atoms with Crippen molar-refractivity contribution in [2.75, 3.05) is 18.4 Å². The molecule has 1 aromatic heterocycles. The number of aromatic amines is 1. The predicted molar refractivity (Wildman–Crippen MR) is 113 cm³/mol. The molecule has 3 aromatic rings. The second-order valence-corrected chi connectivity index (χ2v) is 6.80. The number of hydrogen-bond donors (Lipinski definition) is 3. The topological polar surface area (TPSA) is 77.2 Å². The van der Waals surface area contributed by atoms with Gasteiger partial charge in [-0.1, -0.05) is 18.2 Å². The Labute approximate surface area is 169 Å². The molecule has 3 rings (SSSR count). The molecule has 0 fully saturated rings. The van der Waals surface area contributed by atoms with Gasteiger partial charge in [0.25, 0.3) is 5.91 Å². The summed E-state index contributed by atoms with van der Waals surface area (Å²) in [7, 11) is 0. The van der Waals surface area contributed by atoms with Gasteiger partial charge in [0, 0.05) is 29.7 Å². The van der Waals surface area contributed by atoms with Crippen LogP contribution in [0.4, 0.5) is 14.9 Å². The van der Waals surface area contributed by atoms with Crippen molar-refractivity contribution in [3.63, 3.8) is 0 Å². The number of urea groups is 1. The van der Waals surface area contributed by atoms with E-state index in [1.807, 2.05) is 32.9 Å². The lowest BCUT2D eigenvalue weighted by Crippen LogP contribution is -2.34. The van der Waals surface area contributed by atoms with E-state index < -0.39 is 0 Å². The second-order valence-electron chi connectivity index (χ2n) is 6.80. The van der Waals surface area contributed by atoms with E-state index in [0.29, 0.717) is 35.4 Å². The van der Waals surface area contributed by atoms with Crippen molar-refractivity contribution in [3.8, 4) is 0 Å². The fourth-order valence-corrected chi connectivity index (χ4v) is 3.17. The molecule has 0 aliphatic carbocycles.